The van der Waals surface area contributed by atoms with Crippen molar-refractivity contribution in [2.75, 3.05) is 0 Å². The third-order valence-corrected chi connectivity index (χ3v) is 10.6. The number of nitriles is 1. The molecule has 0 radical (unpaired) electrons. The molecule has 5 nitrogen and oxygen atoms in total. The molecule has 0 unspecified atom stereocenters. The number of rotatable bonds is 12. The van der Waals surface area contributed by atoms with Gasteiger partial charge in [-0.05, 0) is 98.9 Å². The Balaban J connectivity index is 0.00000693. The van der Waals surface area contributed by atoms with Crippen molar-refractivity contribution in [2.45, 2.75) is 64.0 Å². The molecule has 0 saturated carbocycles. The summed E-state index contributed by atoms with van der Waals surface area (Å²) in [4.78, 5) is 13.7. The number of aromatic nitrogens is 3. The Hall–Kier alpha value is -6.51. The fourth-order valence-electron chi connectivity index (χ4n) is 7.27. The normalized spacial score (nSPS) is 15.0. The Kier molecular flexibility index (Phi) is 9.02. The van der Waals surface area contributed by atoms with E-state index >= 15 is 0 Å². The van der Waals surface area contributed by atoms with Crippen LogP contribution in [0.1, 0.15) is 80.3 Å². The third kappa shape index (κ3) is 9.07. The Morgan fingerprint density at radius 3 is 1.73 bits per heavy atom. The summed E-state index contributed by atoms with van der Waals surface area (Å²) in [6.45, 7) is 6.74. The van der Waals surface area contributed by atoms with Gasteiger partial charge in [-0.2, -0.15) is 5.26 Å². The van der Waals surface area contributed by atoms with Crippen LogP contribution in [-0.2, 0) is 56.4 Å². The second-order valence-corrected chi connectivity index (χ2v) is 15.7. The summed E-state index contributed by atoms with van der Waals surface area (Å²) in [5.74, 6) is 0. The number of nitrogens with zero attached hydrogens (tertiary/aromatic N) is 4. The molecule has 6 heteroatoms. The van der Waals surface area contributed by atoms with Crippen molar-refractivity contribution in [2.24, 2.45) is 0 Å². The number of pyridine rings is 3. The summed E-state index contributed by atoms with van der Waals surface area (Å²) >= 11 is 0. The van der Waals surface area contributed by atoms with Crippen molar-refractivity contribution in [3.8, 4) is 39.8 Å². The van der Waals surface area contributed by atoms with Gasteiger partial charge in [0.2, 0.25) is 0 Å². The van der Waals surface area contributed by atoms with Crippen LogP contribution in [0, 0.1) is 29.5 Å². The van der Waals surface area contributed by atoms with Gasteiger partial charge in [-0.1, -0.05) is 99.3 Å². The van der Waals surface area contributed by atoms with Crippen LogP contribution in [0.15, 0.2) is 156 Å². The molecule has 0 aliphatic rings. The Morgan fingerprint density at radius 2 is 1.19 bits per heavy atom. The monoisotopic (exact) mass is 992 g/mol. The molecule has 0 aliphatic heterocycles. The van der Waals surface area contributed by atoms with Gasteiger partial charge >= 0.3 is 20.1 Å². The standard InChI is InChI=1S/C56H45N4O.Ir/c1-55(2,32-41-22-25-50(58-36-41)43-12-7-5-8-13-43)45-28-39(29-46(31-45)56(3,4)33-42-23-26-51(59-37-42)44-14-9-6-10-15-44)19-18-38-21-27-52(60-35-38)49-17-11-16-48-47-24-20-40(34-57)30-53(47)61-54(48)49;/h5-12,14,16,20-31,35-37H,18-19,32-33H2,1-4H3;/q-3;+3/i18D2,19D2,20D,30D,32D2,33D2;. The first kappa shape index (κ1) is 31.4. The van der Waals surface area contributed by atoms with Crippen LogP contribution in [0.2, 0.25) is 0 Å². The molecule has 0 N–H and O–H groups in total. The molecule has 4 heterocycles. The van der Waals surface area contributed by atoms with E-state index in [9.17, 15) is 16.2 Å². The predicted octanol–water partition coefficient (Wildman–Crippen LogP) is 12.9. The van der Waals surface area contributed by atoms with Crippen LogP contribution in [0.3, 0.4) is 0 Å². The average molecular weight is 992 g/mol. The minimum absolute atomic E-state index is 0. The first-order valence-electron chi connectivity index (χ1n) is 24.8. The number of furan rings is 1. The van der Waals surface area contributed by atoms with Crippen LogP contribution in [-0.4, -0.2) is 15.0 Å². The summed E-state index contributed by atoms with van der Waals surface area (Å²) in [5.41, 5.74) is 1.57. The quantitative estimate of drug-likeness (QED) is 0.114. The molecular weight excluding hydrogens is 937 g/mol. The van der Waals surface area contributed by atoms with Crippen LogP contribution < -0.4 is 0 Å². The van der Waals surface area contributed by atoms with E-state index in [1.807, 2.05) is 42.5 Å². The van der Waals surface area contributed by atoms with Gasteiger partial charge < -0.3 is 19.4 Å². The zero-order chi connectivity index (χ0) is 50.9. The number of aryl methyl sites for hydroxylation is 2. The van der Waals surface area contributed by atoms with Gasteiger partial charge in [0, 0.05) is 34.9 Å². The van der Waals surface area contributed by atoms with Gasteiger partial charge in [-0.15, -0.1) is 90.0 Å². The van der Waals surface area contributed by atoms with Crippen LogP contribution in [0.5, 0.6) is 0 Å². The SMILES string of the molecule is [2H]c1cc2c(oc3c(-c4ccc(C([2H])([2H])C([2H])([2H])c5cc(C(C)(C)C([2H])([2H])c6ccc(-c7[c-]cccc7)nc6)cc(C(C)(C)C([2H])([2H])c6ccc(-c7[c-]cccc7)nc6)c5)cn4)[c-]ccc32)c([2H])c1C#N.[Ir+3]. The van der Waals surface area contributed by atoms with E-state index < -0.39 is 36.3 Å². The molecule has 0 fully saturated rings. The van der Waals surface area contributed by atoms with Crippen LogP contribution >= 0.6 is 0 Å². The first-order valence-corrected chi connectivity index (χ1v) is 19.8. The fourth-order valence-corrected chi connectivity index (χ4v) is 7.27. The predicted molar refractivity (Wildman–Crippen MR) is 245 cm³/mol. The maximum atomic E-state index is 9.69. The largest absolute Gasteiger partial charge is 3.00 e. The molecular formula is C56H45IrN4O. The van der Waals surface area contributed by atoms with Gasteiger partial charge in [0.15, 0.2) is 0 Å². The average Bonchev–Trinajstić information content (AvgIpc) is 3.75. The number of hydrogen-bond acceptors (Lipinski definition) is 5. The molecule has 0 amide bonds. The number of benzene rings is 5. The molecule has 9 rings (SSSR count). The van der Waals surface area contributed by atoms with Gasteiger partial charge in [0.1, 0.15) is 5.58 Å². The minimum atomic E-state index is -2.83. The molecule has 304 valence electrons. The minimum Gasteiger partial charge on any atom is -0.501 e. The van der Waals surface area contributed by atoms with Crippen LogP contribution in [0.25, 0.3) is 55.7 Å². The zero-order valence-corrected chi connectivity index (χ0v) is 36.7. The van der Waals surface area contributed by atoms with Crippen molar-refractivity contribution in [3.05, 3.63) is 209 Å². The maximum absolute atomic E-state index is 9.69. The third-order valence-electron chi connectivity index (χ3n) is 10.6. The van der Waals surface area contributed by atoms with Gasteiger partial charge in [-0.3, -0.25) is 0 Å². The van der Waals surface area contributed by atoms with Crippen molar-refractivity contribution >= 4 is 21.9 Å². The molecule has 0 saturated heterocycles. The fraction of sp³-hybridized carbons (Fsp3) is 0.179. The molecule has 0 aliphatic carbocycles. The van der Waals surface area contributed by atoms with E-state index in [2.05, 4.69) is 33.2 Å². The Labute approximate surface area is 392 Å². The Bertz CT molecular complexity index is 3380. The van der Waals surface area contributed by atoms with E-state index in [4.69, 9.17) is 7.16 Å². The second-order valence-electron chi connectivity index (χ2n) is 15.7. The molecule has 0 spiro atoms. The van der Waals surface area contributed by atoms with E-state index in [0.29, 0.717) is 50.1 Å². The van der Waals surface area contributed by atoms with E-state index in [0.717, 1.165) is 11.1 Å². The zero-order valence-electron chi connectivity index (χ0n) is 44.3. The van der Waals surface area contributed by atoms with Crippen molar-refractivity contribution in [3.63, 3.8) is 0 Å². The summed E-state index contributed by atoms with van der Waals surface area (Å²) in [7, 11) is 0. The van der Waals surface area contributed by atoms with E-state index in [1.54, 1.807) is 82.3 Å². The molecule has 0 atom stereocenters. The maximum Gasteiger partial charge on any atom is 3.00 e. The van der Waals surface area contributed by atoms with Crippen molar-refractivity contribution in [1.82, 2.24) is 15.0 Å². The first-order chi connectivity index (χ1) is 33.5. The summed E-state index contributed by atoms with van der Waals surface area (Å²) in [5, 5.41) is 10.6. The number of fused-ring (bicyclic) bond motifs is 3. The smallest absolute Gasteiger partial charge is 0.501 e. The topological polar surface area (TPSA) is 75.6 Å². The van der Waals surface area contributed by atoms with E-state index in [-0.39, 0.29) is 65.6 Å². The second kappa shape index (κ2) is 17.8. The van der Waals surface area contributed by atoms with Crippen molar-refractivity contribution < 1.29 is 38.2 Å². The van der Waals surface area contributed by atoms with Gasteiger partial charge in [-0.25, -0.2) is 0 Å². The molecule has 9 aromatic rings. The molecule has 5 aromatic carbocycles. The summed E-state index contributed by atoms with van der Waals surface area (Å²) in [6, 6.07) is 44.8. The van der Waals surface area contributed by atoms with Crippen LogP contribution in [0.4, 0.5) is 0 Å². The summed E-state index contributed by atoms with van der Waals surface area (Å²) < 4.78 is 100. The van der Waals surface area contributed by atoms with E-state index in [1.165, 1.54) is 48.9 Å². The van der Waals surface area contributed by atoms with Gasteiger partial charge in [0.25, 0.3) is 0 Å². The van der Waals surface area contributed by atoms with Gasteiger partial charge in [0.05, 0.1) is 20.0 Å². The number of hydrogen-bond donors (Lipinski definition) is 0. The summed E-state index contributed by atoms with van der Waals surface area (Å²) in [6.07, 6.45) is -5.74. The molecule has 4 aromatic heterocycles. The Morgan fingerprint density at radius 1 is 0.629 bits per heavy atom. The molecule has 62 heavy (non-hydrogen) atoms. The molecule has 0 bridgehead atoms. The van der Waals surface area contributed by atoms with Crippen molar-refractivity contribution in [1.29, 1.82) is 5.26 Å².